The monoisotopic (exact) mass is 339 g/mol. The second-order valence-corrected chi connectivity index (χ2v) is 4.70. The van der Waals surface area contributed by atoms with Crippen molar-refractivity contribution >= 4 is 28.0 Å². The van der Waals surface area contributed by atoms with Crippen molar-refractivity contribution in [3.63, 3.8) is 0 Å². The molecule has 0 saturated carbocycles. The van der Waals surface area contributed by atoms with Gasteiger partial charge < -0.3 is 14.6 Å². The number of hydrogen-bond acceptors (Lipinski definition) is 4. The molecule has 0 aromatic heterocycles. The Morgan fingerprint density at radius 3 is 2.80 bits per heavy atom. The zero-order valence-electron chi connectivity index (χ0n) is 11.1. The minimum absolute atomic E-state index is 0.424. The molecule has 106 valence electrons. The highest BCUT2D eigenvalue weighted by molar-refractivity contribution is 9.10. The number of carboxylic acid groups (broad SMARTS) is 1. The normalized spacial score (nSPS) is 11.9. The maximum absolute atomic E-state index is 10.5. The minimum Gasteiger partial charge on any atom is -0.493 e. The standard InChI is InChI=1S/C14H14BrNO4/c1-3-10(8-16)20-14-11(15)6-9(4-5-13(17)18)7-12(14)19-2/h4-7,10H,3H2,1-2H3,(H,17,18). The molecule has 0 amide bonds. The second-order valence-electron chi connectivity index (χ2n) is 3.85. The Morgan fingerprint density at radius 1 is 1.60 bits per heavy atom. The van der Waals surface area contributed by atoms with Crippen LogP contribution < -0.4 is 9.47 Å². The maximum Gasteiger partial charge on any atom is 0.328 e. The Balaban J connectivity index is 3.14. The highest BCUT2D eigenvalue weighted by Crippen LogP contribution is 2.37. The molecule has 0 aliphatic carbocycles. The van der Waals surface area contributed by atoms with Gasteiger partial charge in [-0.3, -0.25) is 0 Å². The quantitative estimate of drug-likeness (QED) is 0.804. The Bertz CT molecular complexity index is 563. The van der Waals surface area contributed by atoms with E-state index in [2.05, 4.69) is 15.9 Å². The third kappa shape index (κ3) is 4.28. The molecule has 20 heavy (non-hydrogen) atoms. The van der Waals surface area contributed by atoms with E-state index in [4.69, 9.17) is 19.8 Å². The molecule has 0 fully saturated rings. The van der Waals surface area contributed by atoms with E-state index in [1.807, 2.05) is 13.0 Å². The fourth-order valence-electron chi connectivity index (χ4n) is 1.46. The van der Waals surface area contributed by atoms with Gasteiger partial charge in [-0.15, -0.1) is 0 Å². The highest BCUT2D eigenvalue weighted by Gasteiger charge is 2.15. The molecule has 0 aliphatic heterocycles. The van der Waals surface area contributed by atoms with Crippen molar-refractivity contribution in [3.8, 4) is 17.6 Å². The third-order valence-electron chi connectivity index (χ3n) is 2.45. The predicted octanol–water partition coefficient (Wildman–Crippen LogP) is 3.24. The van der Waals surface area contributed by atoms with Gasteiger partial charge in [-0.25, -0.2) is 4.79 Å². The first-order valence-corrected chi connectivity index (χ1v) is 6.65. The average molecular weight is 340 g/mol. The van der Waals surface area contributed by atoms with Crippen LogP contribution in [0.25, 0.3) is 6.08 Å². The number of aliphatic carboxylic acids is 1. The van der Waals surface area contributed by atoms with Crippen LogP contribution in [0.2, 0.25) is 0 Å². The predicted molar refractivity (Wildman–Crippen MR) is 77.7 cm³/mol. The SMILES string of the molecule is CCC(C#N)Oc1c(Br)cc(C=CC(=O)O)cc1OC. The first-order valence-electron chi connectivity index (χ1n) is 5.86. The van der Waals surface area contributed by atoms with Crippen molar-refractivity contribution in [2.45, 2.75) is 19.4 Å². The smallest absolute Gasteiger partial charge is 0.328 e. The summed E-state index contributed by atoms with van der Waals surface area (Å²) >= 11 is 3.34. The van der Waals surface area contributed by atoms with Gasteiger partial charge in [0.1, 0.15) is 6.07 Å². The molecule has 0 bridgehead atoms. The minimum atomic E-state index is -1.03. The van der Waals surface area contributed by atoms with Crippen molar-refractivity contribution in [1.29, 1.82) is 5.26 Å². The van der Waals surface area contributed by atoms with Crippen molar-refractivity contribution < 1.29 is 19.4 Å². The van der Waals surface area contributed by atoms with Crippen molar-refractivity contribution in [1.82, 2.24) is 0 Å². The lowest BCUT2D eigenvalue weighted by atomic mass is 10.2. The van der Waals surface area contributed by atoms with E-state index in [0.29, 0.717) is 28.0 Å². The van der Waals surface area contributed by atoms with Crippen molar-refractivity contribution in [2.75, 3.05) is 7.11 Å². The number of nitrogens with zero attached hydrogens (tertiary/aromatic N) is 1. The number of methoxy groups -OCH3 is 1. The number of ether oxygens (including phenoxy) is 2. The van der Waals surface area contributed by atoms with Crippen molar-refractivity contribution in [3.05, 3.63) is 28.2 Å². The van der Waals surface area contributed by atoms with Crippen LogP contribution in [0.4, 0.5) is 0 Å². The average Bonchev–Trinajstić information content (AvgIpc) is 2.43. The molecule has 6 heteroatoms. The summed E-state index contributed by atoms with van der Waals surface area (Å²) in [4.78, 5) is 10.5. The molecule has 0 aliphatic rings. The van der Waals surface area contributed by atoms with Crippen LogP contribution in [0.3, 0.4) is 0 Å². The summed E-state index contributed by atoms with van der Waals surface area (Å²) in [6, 6.07) is 5.38. The Kier molecular flexibility index (Phi) is 6.07. The van der Waals surface area contributed by atoms with Gasteiger partial charge in [-0.2, -0.15) is 5.26 Å². The van der Waals surface area contributed by atoms with Gasteiger partial charge in [0.05, 0.1) is 11.6 Å². The molecule has 0 spiro atoms. The van der Waals surface area contributed by atoms with Crippen LogP contribution in [0.1, 0.15) is 18.9 Å². The third-order valence-corrected chi connectivity index (χ3v) is 3.03. The zero-order chi connectivity index (χ0) is 15.1. The zero-order valence-corrected chi connectivity index (χ0v) is 12.7. The summed E-state index contributed by atoms with van der Waals surface area (Å²) in [6.07, 6.45) is 2.46. The van der Waals surface area contributed by atoms with E-state index < -0.39 is 12.1 Å². The summed E-state index contributed by atoms with van der Waals surface area (Å²) in [5, 5.41) is 17.6. The summed E-state index contributed by atoms with van der Waals surface area (Å²) in [5.41, 5.74) is 0.647. The number of hydrogen-bond donors (Lipinski definition) is 1. The molecular weight excluding hydrogens is 326 g/mol. The summed E-state index contributed by atoms with van der Waals surface area (Å²) in [6.45, 7) is 1.85. The van der Waals surface area contributed by atoms with Gasteiger partial charge in [0.2, 0.25) is 0 Å². The second kappa shape index (κ2) is 7.56. The first kappa shape index (κ1) is 16.1. The summed E-state index contributed by atoms with van der Waals surface area (Å²) in [7, 11) is 1.48. The van der Waals surface area contributed by atoms with E-state index in [9.17, 15) is 4.79 Å². The number of rotatable bonds is 6. The van der Waals surface area contributed by atoms with E-state index in [0.717, 1.165) is 6.08 Å². The molecule has 1 aromatic carbocycles. The van der Waals surface area contributed by atoms with E-state index in [1.165, 1.54) is 13.2 Å². The lowest BCUT2D eigenvalue weighted by molar-refractivity contribution is -0.131. The molecule has 1 atom stereocenters. The lowest BCUT2D eigenvalue weighted by Gasteiger charge is -2.16. The van der Waals surface area contributed by atoms with Crippen LogP contribution >= 0.6 is 15.9 Å². The Labute approximate surface area is 125 Å². The topological polar surface area (TPSA) is 79.5 Å². The van der Waals surface area contributed by atoms with Gasteiger partial charge in [-0.1, -0.05) is 6.92 Å². The van der Waals surface area contributed by atoms with E-state index >= 15 is 0 Å². The number of carboxylic acids is 1. The first-order chi connectivity index (χ1) is 9.51. The molecule has 0 saturated heterocycles. The van der Waals surface area contributed by atoms with Gasteiger partial charge >= 0.3 is 5.97 Å². The van der Waals surface area contributed by atoms with Gasteiger partial charge in [0.25, 0.3) is 0 Å². The summed E-state index contributed by atoms with van der Waals surface area (Å²) in [5.74, 6) is -0.178. The largest absolute Gasteiger partial charge is 0.493 e. The number of benzene rings is 1. The van der Waals surface area contributed by atoms with Crippen molar-refractivity contribution in [2.24, 2.45) is 0 Å². The number of carbonyl (C=O) groups is 1. The number of nitriles is 1. The van der Waals surface area contributed by atoms with Crippen LogP contribution in [-0.2, 0) is 4.79 Å². The van der Waals surface area contributed by atoms with Gasteiger partial charge in [0.15, 0.2) is 17.6 Å². The van der Waals surface area contributed by atoms with Gasteiger partial charge in [0, 0.05) is 6.08 Å². The molecule has 1 rings (SSSR count). The Morgan fingerprint density at radius 2 is 2.30 bits per heavy atom. The molecule has 0 heterocycles. The summed E-state index contributed by atoms with van der Waals surface area (Å²) < 4.78 is 11.4. The van der Waals surface area contributed by atoms with Crippen LogP contribution in [0.5, 0.6) is 11.5 Å². The lowest BCUT2D eigenvalue weighted by Crippen LogP contribution is -2.13. The maximum atomic E-state index is 10.5. The van der Waals surface area contributed by atoms with Crippen LogP contribution in [0, 0.1) is 11.3 Å². The van der Waals surface area contributed by atoms with Crippen LogP contribution in [-0.4, -0.2) is 24.3 Å². The molecule has 1 aromatic rings. The fourth-order valence-corrected chi connectivity index (χ4v) is 2.01. The number of halogens is 1. The highest BCUT2D eigenvalue weighted by atomic mass is 79.9. The Hall–Kier alpha value is -2.00. The fraction of sp³-hybridized carbons (Fsp3) is 0.286. The molecule has 5 nitrogen and oxygen atoms in total. The van der Waals surface area contributed by atoms with Gasteiger partial charge in [-0.05, 0) is 46.1 Å². The molecule has 1 N–H and O–H groups in total. The van der Waals surface area contributed by atoms with E-state index in [-0.39, 0.29) is 0 Å². The molecular formula is C14H14BrNO4. The van der Waals surface area contributed by atoms with Crippen LogP contribution in [0.15, 0.2) is 22.7 Å². The molecule has 1 unspecified atom stereocenters. The molecule has 0 radical (unpaired) electrons. The van der Waals surface area contributed by atoms with E-state index in [1.54, 1.807) is 12.1 Å².